The van der Waals surface area contributed by atoms with Gasteiger partial charge in [0.2, 0.25) is 11.7 Å². The molecule has 0 N–H and O–H groups in total. The van der Waals surface area contributed by atoms with Gasteiger partial charge >= 0.3 is 5.76 Å². The average molecular weight is 288 g/mol. The van der Waals surface area contributed by atoms with Gasteiger partial charge in [0.05, 0.1) is 0 Å². The van der Waals surface area contributed by atoms with Crippen molar-refractivity contribution in [3.8, 4) is 11.5 Å². The van der Waals surface area contributed by atoms with Crippen LogP contribution in [0.1, 0.15) is 19.3 Å². The molecular formula is C14H16N4O3. The van der Waals surface area contributed by atoms with E-state index in [1.165, 1.54) is 4.57 Å². The molecule has 21 heavy (non-hydrogen) atoms. The third-order valence-corrected chi connectivity index (χ3v) is 3.58. The summed E-state index contributed by atoms with van der Waals surface area (Å²) in [6.45, 7) is 1.43. The summed E-state index contributed by atoms with van der Waals surface area (Å²) in [6.07, 6.45) is 4.77. The van der Waals surface area contributed by atoms with Crippen molar-refractivity contribution in [2.45, 2.75) is 25.8 Å². The molecule has 0 atom stereocenters. The van der Waals surface area contributed by atoms with Crippen LogP contribution in [0.15, 0.2) is 33.7 Å². The Kier molecular flexibility index (Phi) is 3.81. The zero-order valence-corrected chi connectivity index (χ0v) is 11.6. The van der Waals surface area contributed by atoms with Crippen LogP contribution in [-0.2, 0) is 11.3 Å². The zero-order valence-electron chi connectivity index (χ0n) is 11.6. The van der Waals surface area contributed by atoms with E-state index >= 15 is 0 Å². The number of nitrogens with zero attached hydrogens (tertiary/aromatic N) is 4. The Morgan fingerprint density at radius 2 is 2.05 bits per heavy atom. The van der Waals surface area contributed by atoms with Crippen LogP contribution in [0.3, 0.4) is 0 Å². The number of aromatic nitrogens is 3. The summed E-state index contributed by atoms with van der Waals surface area (Å²) in [5, 5.41) is 3.73. The van der Waals surface area contributed by atoms with Crippen LogP contribution in [0, 0.1) is 0 Å². The molecule has 0 aromatic carbocycles. The van der Waals surface area contributed by atoms with Crippen molar-refractivity contribution in [2.75, 3.05) is 13.1 Å². The fourth-order valence-corrected chi connectivity index (χ4v) is 2.47. The Morgan fingerprint density at radius 3 is 2.76 bits per heavy atom. The van der Waals surface area contributed by atoms with Gasteiger partial charge in [0, 0.05) is 19.3 Å². The molecule has 0 unspecified atom stereocenters. The van der Waals surface area contributed by atoms with E-state index in [-0.39, 0.29) is 18.3 Å². The Labute approximate surface area is 121 Å². The maximum Gasteiger partial charge on any atom is 0.442 e. The van der Waals surface area contributed by atoms with Crippen molar-refractivity contribution in [1.82, 2.24) is 19.6 Å². The topological polar surface area (TPSA) is 81.2 Å². The monoisotopic (exact) mass is 288 g/mol. The molecule has 0 spiro atoms. The molecule has 110 valence electrons. The van der Waals surface area contributed by atoms with Crippen molar-refractivity contribution in [3.05, 3.63) is 34.9 Å². The predicted octanol–water partition coefficient (Wildman–Crippen LogP) is 0.911. The van der Waals surface area contributed by atoms with Gasteiger partial charge in [0.15, 0.2) is 0 Å². The van der Waals surface area contributed by atoms with Crippen molar-refractivity contribution >= 4 is 5.91 Å². The van der Waals surface area contributed by atoms with Gasteiger partial charge in [-0.1, -0.05) is 11.2 Å². The molecule has 1 amide bonds. The van der Waals surface area contributed by atoms with Gasteiger partial charge in [-0.05, 0) is 31.4 Å². The average Bonchev–Trinajstić information content (AvgIpc) is 2.90. The van der Waals surface area contributed by atoms with Crippen LogP contribution in [0.4, 0.5) is 0 Å². The lowest BCUT2D eigenvalue weighted by atomic mass is 10.1. The van der Waals surface area contributed by atoms with Crippen molar-refractivity contribution in [2.24, 2.45) is 0 Å². The molecule has 1 fully saturated rings. The van der Waals surface area contributed by atoms with E-state index in [0.717, 1.165) is 32.4 Å². The van der Waals surface area contributed by atoms with Crippen LogP contribution in [0.2, 0.25) is 0 Å². The normalized spacial score (nSPS) is 15.1. The van der Waals surface area contributed by atoms with E-state index < -0.39 is 5.76 Å². The predicted molar refractivity (Wildman–Crippen MR) is 74.4 cm³/mol. The first-order valence-electron chi connectivity index (χ1n) is 7.01. The standard InChI is InChI=1S/C14H16N4O3/c19-12(17-8-4-1-5-9-17)10-18-13(16-21-14(18)20)11-6-2-3-7-15-11/h2-3,6-7H,1,4-5,8-10H2. The molecule has 0 saturated carbocycles. The third kappa shape index (κ3) is 2.86. The quantitative estimate of drug-likeness (QED) is 0.838. The zero-order chi connectivity index (χ0) is 14.7. The number of piperidine rings is 1. The smallest absolute Gasteiger partial charge is 0.341 e. The summed E-state index contributed by atoms with van der Waals surface area (Å²) < 4.78 is 5.92. The van der Waals surface area contributed by atoms with Crippen LogP contribution in [-0.4, -0.2) is 38.6 Å². The summed E-state index contributed by atoms with van der Waals surface area (Å²) >= 11 is 0. The van der Waals surface area contributed by atoms with E-state index in [1.807, 2.05) is 0 Å². The minimum atomic E-state index is -0.638. The van der Waals surface area contributed by atoms with Gasteiger partial charge in [-0.15, -0.1) is 0 Å². The number of amides is 1. The maximum absolute atomic E-state index is 12.3. The summed E-state index contributed by atoms with van der Waals surface area (Å²) in [6, 6.07) is 5.28. The lowest BCUT2D eigenvalue weighted by Gasteiger charge is -2.26. The highest BCUT2D eigenvalue weighted by atomic mass is 16.5. The van der Waals surface area contributed by atoms with Crippen LogP contribution < -0.4 is 5.76 Å². The number of hydrogen-bond donors (Lipinski definition) is 0. The van der Waals surface area contributed by atoms with Gasteiger partial charge < -0.3 is 4.90 Å². The molecule has 1 saturated heterocycles. The minimum absolute atomic E-state index is 0.0613. The van der Waals surface area contributed by atoms with Crippen molar-refractivity contribution in [1.29, 1.82) is 0 Å². The van der Waals surface area contributed by atoms with Gasteiger partial charge in [-0.2, -0.15) is 0 Å². The van der Waals surface area contributed by atoms with Gasteiger partial charge in [0.25, 0.3) is 0 Å². The number of hydrogen-bond acceptors (Lipinski definition) is 5. The van der Waals surface area contributed by atoms with E-state index in [0.29, 0.717) is 5.69 Å². The first-order chi connectivity index (χ1) is 10.3. The molecule has 0 aliphatic carbocycles. The van der Waals surface area contributed by atoms with Gasteiger partial charge in [-0.3, -0.25) is 14.3 Å². The number of carbonyl (C=O) groups is 1. The molecule has 7 nitrogen and oxygen atoms in total. The summed E-state index contributed by atoms with van der Waals surface area (Å²) in [4.78, 5) is 30.0. The second kappa shape index (κ2) is 5.90. The second-order valence-corrected chi connectivity index (χ2v) is 5.01. The minimum Gasteiger partial charge on any atom is -0.341 e. The molecule has 0 bridgehead atoms. The van der Waals surface area contributed by atoms with E-state index in [2.05, 4.69) is 14.7 Å². The summed E-state index contributed by atoms with van der Waals surface area (Å²) in [5.74, 6) is -0.441. The lowest BCUT2D eigenvalue weighted by molar-refractivity contribution is -0.132. The van der Waals surface area contributed by atoms with Crippen LogP contribution in [0.25, 0.3) is 11.5 Å². The fraction of sp³-hybridized carbons (Fsp3) is 0.429. The Hall–Kier alpha value is -2.44. The molecule has 2 aromatic heterocycles. The molecule has 7 heteroatoms. The molecule has 2 aromatic rings. The highest BCUT2D eigenvalue weighted by Gasteiger charge is 2.21. The molecule has 1 aliphatic heterocycles. The van der Waals surface area contributed by atoms with E-state index in [4.69, 9.17) is 0 Å². The number of rotatable bonds is 3. The largest absolute Gasteiger partial charge is 0.442 e. The third-order valence-electron chi connectivity index (χ3n) is 3.58. The SMILES string of the molecule is O=C(Cn1c(-c2ccccn2)noc1=O)N1CCCCC1. The fourth-order valence-electron chi connectivity index (χ4n) is 2.47. The van der Waals surface area contributed by atoms with E-state index in [1.54, 1.807) is 29.3 Å². The van der Waals surface area contributed by atoms with E-state index in [9.17, 15) is 9.59 Å². The second-order valence-electron chi connectivity index (χ2n) is 5.01. The molecule has 0 radical (unpaired) electrons. The lowest BCUT2D eigenvalue weighted by Crippen LogP contribution is -2.39. The molecule has 3 heterocycles. The number of likely N-dealkylation sites (tertiary alicyclic amines) is 1. The van der Waals surface area contributed by atoms with Gasteiger partial charge in [-0.25, -0.2) is 9.36 Å². The van der Waals surface area contributed by atoms with Crippen LogP contribution in [0.5, 0.6) is 0 Å². The summed E-state index contributed by atoms with van der Waals surface area (Å²) in [5.41, 5.74) is 0.509. The Bertz CT molecular complexity index is 671. The maximum atomic E-state index is 12.3. The highest BCUT2D eigenvalue weighted by molar-refractivity contribution is 5.76. The Morgan fingerprint density at radius 1 is 1.24 bits per heavy atom. The van der Waals surface area contributed by atoms with Crippen molar-refractivity contribution in [3.63, 3.8) is 0 Å². The van der Waals surface area contributed by atoms with Crippen molar-refractivity contribution < 1.29 is 9.32 Å². The molecular weight excluding hydrogens is 272 g/mol. The molecule has 1 aliphatic rings. The summed E-state index contributed by atoms with van der Waals surface area (Å²) in [7, 11) is 0. The number of pyridine rings is 1. The van der Waals surface area contributed by atoms with Crippen LogP contribution >= 0.6 is 0 Å². The van der Waals surface area contributed by atoms with Gasteiger partial charge in [0.1, 0.15) is 12.2 Å². The number of carbonyl (C=O) groups excluding carboxylic acids is 1. The first kappa shape index (κ1) is 13.5. The Balaban J connectivity index is 1.84. The molecule has 3 rings (SSSR count). The highest BCUT2D eigenvalue weighted by Crippen LogP contribution is 2.13. The first-order valence-corrected chi connectivity index (χ1v) is 7.01.